The fourth-order valence-corrected chi connectivity index (χ4v) is 1.13. The molecular formula is C11H22N2O5. The Labute approximate surface area is 107 Å². The summed E-state index contributed by atoms with van der Waals surface area (Å²) in [4.78, 5) is 29.3. The summed E-state index contributed by atoms with van der Waals surface area (Å²) in [6.07, 6.45) is -0.681. The zero-order valence-corrected chi connectivity index (χ0v) is 11.8. The number of hydrogen-bond donors (Lipinski definition) is 1. The molecule has 0 saturated carbocycles. The van der Waals surface area contributed by atoms with E-state index >= 15 is 0 Å². The molecular weight excluding hydrogens is 240 g/mol. The van der Waals surface area contributed by atoms with E-state index in [2.05, 4.69) is 0 Å². The van der Waals surface area contributed by atoms with Gasteiger partial charge in [0.25, 0.3) is 5.91 Å². The average Bonchev–Trinajstić information content (AvgIpc) is 2.26. The molecule has 18 heavy (non-hydrogen) atoms. The van der Waals surface area contributed by atoms with Crippen molar-refractivity contribution in [2.75, 3.05) is 27.8 Å². The van der Waals surface area contributed by atoms with Gasteiger partial charge in [-0.05, 0) is 20.8 Å². The second-order valence-electron chi connectivity index (χ2n) is 4.81. The first-order chi connectivity index (χ1) is 8.14. The van der Waals surface area contributed by atoms with Crippen LogP contribution in [0.15, 0.2) is 0 Å². The molecule has 106 valence electrons. The molecule has 0 heterocycles. The molecule has 0 unspecified atom stereocenters. The monoisotopic (exact) mass is 262 g/mol. The van der Waals surface area contributed by atoms with Crippen molar-refractivity contribution in [2.45, 2.75) is 32.4 Å². The Bertz CT molecular complexity index is 300. The highest BCUT2D eigenvalue weighted by Gasteiger charge is 2.31. The molecule has 0 saturated heterocycles. The summed E-state index contributed by atoms with van der Waals surface area (Å²) < 4.78 is 5.11. The topological polar surface area (TPSA) is 79.3 Å². The molecule has 0 aliphatic rings. The van der Waals surface area contributed by atoms with Crippen LogP contribution < -0.4 is 0 Å². The van der Waals surface area contributed by atoms with Gasteiger partial charge in [0.05, 0.1) is 13.7 Å². The van der Waals surface area contributed by atoms with Crippen molar-refractivity contribution in [3.8, 4) is 0 Å². The molecule has 2 amide bonds. The molecule has 0 bridgehead atoms. The average molecular weight is 262 g/mol. The zero-order valence-electron chi connectivity index (χ0n) is 11.8. The van der Waals surface area contributed by atoms with Gasteiger partial charge in [-0.1, -0.05) is 0 Å². The summed E-state index contributed by atoms with van der Waals surface area (Å²) in [6.45, 7) is 4.64. The maximum atomic E-state index is 11.8. The van der Waals surface area contributed by atoms with Crippen LogP contribution in [0.3, 0.4) is 0 Å². The summed E-state index contributed by atoms with van der Waals surface area (Å²) >= 11 is 0. The quantitative estimate of drug-likeness (QED) is 0.734. The van der Waals surface area contributed by atoms with E-state index in [1.165, 1.54) is 21.2 Å². The summed E-state index contributed by atoms with van der Waals surface area (Å²) in [6, 6.07) is -1.04. The summed E-state index contributed by atoms with van der Waals surface area (Å²) in [5.74, 6) is -0.534. The van der Waals surface area contributed by atoms with Gasteiger partial charge in [-0.2, -0.15) is 0 Å². The molecule has 0 fully saturated rings. The van der Waals surface area contributed by atoms with E-state index in [-0.39, 0.29) is 0 Å². The molecule has 0 spiro atoms. The van der Waals surface area contributed by atoms with Crippen molar-refractivity contribution in [3.05, 3.63) is 0 Å². The smallest absolute Gasteiger partial charge is 0.410 e. The Kier molecular flexibility index (Phi) is 6.07. The van der Waals surface area contributed by atoms with Crippen LogP contribution in [0.4, 0.5) is 4.79 Å². The molecule has 0 aromatic rings. The van der Waals surface area contributed by atoms with Crippen molar-refractivity contribution in [3.63, 3.8) is 0 Å². The number of nitrogens with zero attached hydrogens (tertiary/aromatic N) is 2. The Balaban J connectivity index is 4.76. The van der Waals surface area contributed by atoms with Gasteiger partial charge in [0.15, 0.2) is 0 Å². The van der Waals surface area contributed by atoms with E-state index < -0.39 is 30.3 Å². The first-order valence-electron chi connectivity index (χ1n) is 5.52. The first kappa shape index (κ1) is 16.7. The summed E-state index contributed by atoms with van der Waals surface area (Å²) in [5, 5.41) is 10.2. The molecule has 0 aliphatic carbocycles. The second-order valence-corrected chi connectivity index (χ2v) is 4.81. The number of rotatable bonds is 4. The fraction of sp³-hybridized carbons (Fsp3) is 0.818. The largest absolute Gasteiger partial charge is 0.444 e. The lowest BCUT2D eigenvalue weighted by atomic mass is 10.2. The highest BCUT2D eigenvalue weighted by molar-refractivity contribution is 5.84. The first-order valence-corrected chi connectivity index (χ1v) is 5.52. The van der Waals surface area contributed by atoms with Crippen LogP contribution in [0.1, 0.15) is 20.8 Å². The SMILES string of the molecule is CON(C)C(=O)[C@H](CO)N(C)C(=O)OC(C)(C)C. The maximum absolute atomic E-state index is 11.8. The Morgan fingerprint density at radius 1 is 1.28 bits per heavy atom. The van der Waals surface area contributed by atoms with Crippen LogP contribution in [-0.2, 0) is 14.4 Å². The number of hydrogen-bond acceptors (Lipinski definition) is 5. The predicted molar refractivity (Wildman–Crippen MR) is 64.6 cm³/mol. The Morgan fingerprint density at radius 3 is 2.11 bits per heavy atom. The van der Waals surface area contributed by atoms with Gasteiger partial charge in [0.1, 0.15) is 11.6 Å². The van der Waals surface area contributed by atoms with Gasteiger partial charge in [-0.3, -0.25) is 14.5 Å². The van der Waals surface area contributed by atoms with E-state index in [1.54, 1.807) is 20.8 Å². The minimum atomic E-state index is -1.04. The van der Waals surface area contributed by atoms with Gasteiger partial charge in [0, 0.05) is 14.1 Å². The molecule has 0 rings (SSSR count). The summed E-state index contributed by atoms with van der Waals surface area (Å²) in [7, 11) is 4.10. The number of amides is 2. The lowest BCUT2D eigenvalue weighted by Gasteiger charge is -2.30. The number of hydroxylamine groups is 2. The van der Waals surface area contributed by atoms with Crippen LogP contribution in [0.2, 0.25) is 0 Å². The summed E-state index contributed by atoms with van der Waals surface area (Å²) in [5.41, 5.74) is -0.665. The Morgan fingerprint density at radius 2 is 1.78 bits per heavy atom. The standard InChI is InChI=1S/C11H22N2O5/c1-11(2,3)18-10(16)12(4)8(7-14)9(15)13(5)17-6/h8,14H,7H2,1-6H3/t8-/m0/s1. The number of carbonyl (C=O) groups is 2. The number of likely N-dealkylation sites (N-methyl/N-ethyl adjacent to an activating group) is 2. The molecule has 0 aromatic carbocycles. The van der Waals surface area contributed by atoms with E-state index in [0.29, 0.717) is 0 Å². The third kappa shape index (κ3) is 4.89. The lowest BCUT2D eigenvalue weighted by Crippen LogP contribution is -2.51. The minimum absolute atomic E-state index is 0.512. The van der Waals surface area contributed by atoms with Gasteiger partial charge in [-0.25, -0.2) is 9.86 Å². The predicted octanol–water partition coefficient (Wildman–Crippen LogP) is 0.234. The molecule has 0 aliphatic heterocycles. The highest BCUT2D eigenvalue weighted by atomic mass is 16.7. The van der Waals surface area contributed by atoms with Gasteiger partial charge < -0.3 is 9.84 Å². The van der Waals surface area contributed by atoms with Crippen molar-refractivity contribution in [1.29, 1.82) is 0 Å². The van der Waals surface area contributed by atoms with Gasteiger partial charge >= 0.3 is 6.09 Å². The third-order valence-electron chi connectivity index (χ3n) is 2.19. The second kappa shape index (κ2) is 6.55. The van der Waals surface area contributed by atoms with Crippen molar-refractivity contribution in [2.24, 2.45) is 0 Å². The maximum Gasteiger partial charge on any atom is 0.410 e. The number of ether oxygens (including phenoxy) is 1. The van der Waals surface area contributed by atoms with Crippen LogP contribution in [-0.4, -0.2) is 66.5 Å². The minimum Gasteiger partial charge on any atom is -0.444 e. The molecule has 1 N–H and O–H groups in total. The number of aliphatic hydroxyl groups excluding tert-OH is 1. The molecule has 1 atom stereocenters. The van der Waals surface area contributed by atoms with E-state index in [9.17, 15) is 14.7 Å². The van der Waals surface area contributed by atoms with Gasteiger partial charge in [0.2, 0.25) is 0 Å². The highest BCUT2D eigenvalue weighted by Crippen LogP contribution is 2.11. The molecule has 0 radical (unpaired) electrons. The number of aliphatic hydroxyl groups is 1. The lowest BCUT2D eigenvalue weighted by molar-refractivity contribution is -0.175. The van der Waals surface area contributed by atoms with Crippen molar-refractivity contribution < 1.29 is 24.3 Å². The van der Waals surface area contributed by atoms with Crippen LogP contribution >= 0.6 is 0 Å². The normalized spacial score (nSPS) is 12.8. The van der Waals surface area contributed by atoms with Crippen molar-refractivity contribution >= 4 is 12.0 Å². The van der Waals surface area contributed by atoms with Crippen LogP contribution in [0, 0.1) is 0 Å². The Hall–Kier alpha value is -1.34. The van der Waals surface area contributed by atoms with Crippen LogP contribution in [0.5, 0.6) is 0 Å². The van der Waals surface area contributed by atoms with E-state index in [1.807, 2.05) is 0 Å². The van der Waals surface area contributed by atoms with E-state index in [0.717, 1.165) is 9.96 Å². The molecule has 7 heteroatoms. The third-order valence-corrected chi connectivity index (χ3v) is 2.19. The number of carbonyl (C=O) groups excluding carboxylic acids is 2. The molecule has 7 nitrogen and oxygen atoms in total. The van der Waals surface area contributed by atoms with Crippen molar-refractivity contribution in [1.82, 2.24) is 9.96 Å². The van der Waals surface area contributed by atoms with Gasteiger partial charge in [-0.15, -0.1) is 0 Å². The fourth-order valence-electron chi connectivity index (χ4n) is 1.13. The van der Waals surface area contributed by atoms with Crippen LogP contribution in [0.25, 0.3) is 0 Å². The zero-order chi connectivity index (χ0) is 14.5. The molecule has 0 aromatic heterocycles. The van der Waals surface area contributed by atoms with E-state index in [4.69, 9.17) is 9.57 Å².